The van der Waals surface area contributed by atoms with Gasteiger partial charge in [-0.1, -0.05) is 6.92 Å². The second-order valence-corrected chi connectivity index (χ2v) is 5.88. The molecule has 0 unspecified atom stereocenters. The first kappa shape index (κ1) is 11.9. The van der Waals surface area contributed by atoms with E-state index in [1.807, 2.05) is 17.1 Å². The molecule has 5 heteroatoms. The number of nitrogens with zero attached hydrogens (tertiary/aromatic N) is 3. The van der Waals surface area contributed by atoms with Gasteiger partial charge in [0.05, 0.1) is 11.1 Å². The van der Waals surface area contributed by atoms with Crippen LogP contribution < -0.4 is 5.32 Å². The van der Waals surface area contributed by atoms with Crippen molar-refractivity contribution in [1.82, 2.24) is 20.1 Å². The lowest BCUT2D eigenvalue weighted by Gasteiger charge is -1.96. The van der Waals surface area contributed by atoms with Crippen molar-refractivity contribution in [1.29, 1.82) is 0 Å². The van der Waals surface area contributed by atoms with Crippen LogP contribution in [0.3, 0.4) is 0 Å². The number of rotatable bonds is 6. The lowest BCUT2D eigenvalue weighted by molar-refractivity contribution is 0.603. The van der Waals surface area contributed by atoms with Crippen molar-refractivity contribution in [2.24, 2.45) is 0 Å². The van der Waals surface area contributed by atoms with Gasteiger partial charge >= 0.3 is 0 Å². The molecule has 0 bridgehead atoms. The Bertz CT molecular complexity index is 513. The summed E-state index contributed by atoms with van der Waals surface area (Å²) < 4.78 is 2.00. The Morgan fingerprint density at radius 2 is 2.33 bits per heavy atom. The van der Waals surface area contributed by atoms with Crippen molar-refractivity contribution < 1.29 is 0 Å². The summed E-state index contributed by atoms with van der Waals surface area (Å²) >= 11 is 1.76. The zero-order valence-corrected chi connectivity index (χ0v) is 11.4. The molecule has 0 aliphatic heterocycles. The first-order chi connectivity index (χ1) is 8.85. The predicted octanol–water partition coefficient (Wildman–Crippen LogP) is 2.67. The zero-order valence-electron chi connectivity index (χ0n) is 10.6. The molecular formula is C13H18N4S. The van der Waals surface area contributed by atoms with E-state index in [-0.39, 0.29) is 0 Å². The Balaban J connectivity index is 1.66. The second-order valence-electron chi connectivity index (χ2n) is 4.77. The molecule has 1 saturated carbocycles. The normalized spacial score (nSPS) is 15.2. The maximum Gasteiger partial charge on any atom is 0.107 e. The van der Waals surface area contributed by atoms with E-state index < -0.39 is 0 Å². The lowest BCUT2D eigenvalue weighted by Crippen LogP contribution is -2.14. The Kier molecular flexibility index (Phi) is 3.43. The van der Waals surface area contributed by atoms with Crippen molar-refractivity contribution >= 4 is 11.3 Å². The monoisotopic (exact) mass is 262 g/mol. The van der Waals surface area contributed by atoms with Gasteiger partial charge in [-0.2, -0.15) is 5.10 Å². The average Bonchev–Trinajstić information content (AvgIpc) is 2.90. The molecule has 96 valence electrons. The van der Waals surface area contributed by atoms with Gasteiger partial charge in [0.2, 0.25) is 0 Å². The molecule has 1 aliphatic carbocycles. The van der Waals surface area contributed by atoms with Crippen LogP contribution in [0.4, 0.5) is 0 Å². The number of thiazole rings is 1. The van der Waals surface area contributed by atoms with E-state index in [0.29, 0.717) is 0 Å². The molecule has 3 rings (SSSR count). The second kappa shape index (κ2) is 5.20. The van der Waals surface area contributed by atoms with Crippen LogP contribution in [0.2, 0.25) is 0 Å². The molecule has 2 aromatic heterocycles. The molecule has 0 amide bonds. The fraction of sp³-hybridized carbons (Fsp3) is 0.538. The molecule has 2 aromatic rings. The summed E-state index contributed by atoms with van der Waals surface area (Å²) in [4.78, 5) is 5.68. The summed E-state index contributed by atoms with van der Waals surface area (Å²) in [7, 11) is 0. The Morgan fingerprint density at radius 3 is 3.11 bits per heavy atom. The largest absolute Gasteiger partial charge is 0.308 e. The third-order valence-corrected chi connectivity index (χ3v) is 4.09. The van der Waals surface area contributed by atoms with Crippen LogP contribution in [-0.2, 0) is 13.1 Å². The van der Waals surface area contributed by atoms with Crippen LogP contribution in [0.5, 0.6) is 0 Å². The van der Waals surface area contributed by atoms with E-state index in [9.17, 15) is 0 Å². The standard InChI is InChI=1S/C13H18N4S/c1-2-5-17-9-10(6-16-17)12-7-15-13(18-12)8-14-11-3-4-11/h6-7,9,11,14H,2-5,8H2,1H3. The first-order valence-electron chi connectivity index (χ1n) is 6.56. The first-order valence-corrected chi connectivity index (χ1v) is 7.37. The van der Waals surface area contributed by atoms with Gasteiger partial charge in [-0.05, 0) is 19.3 Å². The van der Waals surface area contributed by atoms with Crippen LogP contribution in [0.25, 0.3) is 10.4 Å². The number of nitrogens with one attached hydrogen (secondary N) is 1. The summed E-state index contributed by atoms with van der Waals surface area (Å²) in [5.41, 5.74) is 1.18. The fourth-order valence-electron chi connectivity index (χ4n) is 1.89. The van der Waals surface area contributed by atoms with Gasteiger partial charge in [0.25, 0.3) is 0 Å². The van der Waals surface area contributed by atoms with Crippen LogP contribution >= 0.6 is 11.3 Å². The molecule has 4 nitrogen and oxygen atoms in total. The summed E-state index contributed by atoms with van der Waals surface area (Å²) in [6, 6.07) is 0.740. The summed E-state index contributed by atoms with van der Waals surface area (Å²) in [5.74, 6) is 0. The summed E-state index contributed by atoms with van der Waals surface area (Å²) in [6.45, 7) is 4.04. The minimum Gasteiger partial charge on any atom is -0.308 e. The van der Waals surface area contributed by atoms with Gasteiger partial charge in [-0.15, -0.1) is 11.3 Å². The summed E-state index contributed by atoms with van der Waals surface area (Å²) in [6.07, 6.45) is 9.75. The number of hydrogen-bond donors (Lipinski definition) is 1. The highest BCUT2D eigenvalue weighted by Gasteiger charge is 2.20. The van der Waals surface area contributed by atoms with Crippen LogP contribution in [0, 0.1) is 0 Å². The van der Waals surface area contributed by atoms with Gasteiger partial charge in [-0.25, -0.2) is 4.98 Å². The average molecular weight is 262 g/mol. The van der Waals surface area contributed by atoms with Gasteiger partial charge < -0.3 is 5.32 Å². The lowest BCUT2D eigenvalue weighted by atomic mass is 10.3. The van der Waals surface area contributed by atoms with E-state index in [1.54, 1.807) is 11.3 Å². The number of hydrogen-bond acceptors (Lipinski definition) is 4. The fourth-order valence-corrected chi connectivity index (χ4v) is 2.73. The van der Waals surface area contributed by atoms with E-state index >= 15 is 0 Å². The minimum atomic E-state index is 0.740. The van der Waals surface area contributed by atoms with Crippen molar-refractivity contribution in [3.8, 4) is 10.4 Å². The molecule has 0 aromatic carbocycles. The molecule has 0 spiro atoms. The molecule has 0 radical (unpaired) electrons. The van der Waals surface area contributed by atoms with Gasteiger partial charge in [0.1, 0.15) is 5.01 Å². The minimum absolute atomic E-state index is 0.740. The van der Waals surface area contributed by atoms with E-state index in [2.05, 4.69) is 28.5 Å². The van der Waals surface area contributed by atoms with E-state index in [0.717, 1.165) is 25.6 Å². The number of aryl methyl sites for hydroxylation is 1. The molecule has 1 aliphatic rings. The van der Waals surface area contributed by atoms with E-state index in [1.165, 1.54) is 28.3 Å². The van der Waals surface area contributed by atoms with Gasteiger partial charge in [-0.3, -0.25) is 4.68 Å². The molecule has 18 heavy (non-hydrogen) atoms. The van der Waals surface area contributed by atoms with Crippen molar-refractivity contribution in [3.63, 3.8) is 0 Å². The van der Waals surface area contributed by atoms with Gasteiger partial charge in [0, 0.05) is 37.1 Å². The smallest absolute Gasteiger partial charge is 0.107 e. The van der Waals surface area contributed by atoms with E-state index in [4.69, 9.17) is 0 Å². The topological polar surface area (TPSA) is 42.7 Å². The molecule has 1 N–H and O–H groups in total. The quantitative estimate of drug-likeness (QED) is 0.870. The maximum atomic E-state index is 4.47. The van der Waals surface area contributed by atoms with Crippen molar-refractivity contribution in [2.45, 2.75) is 45.3 Å². The highest BCUT2D eigenvalue weighted by atomic mass is 32.1. The third-order valence-electron chi connectivity index (χ3n) is 3.04. The summed E-state index contributed by atoms with van der Waals surface area (Å²) in [5, 5.41) is 9.01. The highest BCUT2D eigenvalue weighted by Crippen LogP contribution is 2.26. The van der Waals surface area contributed by atoms with Crippen molar-refractivity contribution in [3.05, 3.63) is 23.6 Å². The highest BCUT2D eigenvalue weighted by molar-refractivity contribution is 7.15. The van der Waals surface area contributed by atoms with Gasteiger partial charge in [0.15, 0.2) is 0 Å². The molecular weight excluding hydrogens is 244 g/mol. The zero-order chi connectivity index (χ0) is 12.4. The van der Waals surface area contributed by atoms with Crippen molar-refractivity contribution in [2.75, 3.05) is 0 Å². The van der Waals surface area contributed by atoms with Crippen LogP contribution in [-0.4, -0.2) is 20.8 Å². The maximum absolute atomic E-state index is 4.47. The molecule has 0 atom stereocenters. The molecule has 0 saturated heterocycles. The Morgan fingerprint density at radius 1 is 1.44 bits per heavy atom. The third kappa shape index (κ3) is 2.79. The molecule has 2 heterocycles. The Hall–Kier alpha value is -1.20. The van der Waals surface area contributed by atoms with Crippen LogP contribution in [0.15, 0.2) is 18.6 Å². The van der Waals surface area contributed by atoms with Crippen LogP contribution in [0.1, 0.15) is 31.2 Å². The number of aromatic nitrogens is 3. The SMILES string of the molecule is CCCn1cc(-c2cnc(CNC3CC3)s2)cn1. The molecule has 1 fully saturated rings. The predicted molar refractivity (Wildman–Crippen MR) is 73.5 cm³/mol. The Labute approximate surface area is 111 Å².